The molecule has 0 aromatic carbocycles. The summed E-state index contributed by atoms with van der Waals surface area (Å²) in [5, 5.41) is 5.72. The van der Waals surface area contributed by atoms with Crippen LogP contribution in [0.5, 0.6) is 0 Å². The van der Waals surface area contributed by atoms with Gasteiger partial charge in [0.05, 0.1) is 18.4 Å². The van der Waals surface area contributed by atoms with Crippen molar-refractivity contribution in [1.29, 1.82) is 0 Å². The molecule has 0 atom stereocenters. The monoisotopic (exact) mass is 172 g/mol. The first kappa shape index (κ1) is 7.77. The predicted molar refractivity (Wildman–Crippen MR) is 51.1 cm³/mol. The number of hydrogen-bond acceptors (Lipinski definition) is 4. The first-order valence-electron chi connectivity index (χ1n) is 3.88. The number of terminal acetylenes is 1. The van der Waals surface area contributed by atoms with E-state index in [2.05, 4.69) is 21.4 Å². The summed E-state index contributed by atoms with van der Waals surface area (Å²) in [4.78, 5) is 4.00. The Kier molecular flexibility index (Phi) is 1.94. The van der Waals surface area contributed by atoms with Crippen molar-refractivity contribution < 1.29 is 0 Å². The molecule has 0 aliphatic carbocycles. The highest BCUT2D eigenvalue weighted by molar-refractivity contribution is 5.65. The minimum Gasteiger partial charge on any atom is -0.261 e. The van der Waals surface area contributed by atoms with Crippen LogP contribution >= 0.6 is 0 Å². The molecule has 1 aliphatic rings. The van der Waals surface area contributed by atoms with Crippen LogP contribution in [0, 0.1) is 12.3 Å². The van der Waals surface area contributed by atoms with Gasteiger partial charge in [0, 0.05) is 18.0 Å². The van der Waals surface area contributed by atoms with E-state index in [1.807, 2.05) is 6.07 Å². The second-order valence-corrected chi connectivity index (χ2v) is 2.55. The van der Waals surface area contributed by atoms with Crippen molar-refractivity contribution in [1.82, 2.24) is 10.4 Å². The Morgan fingerprint density at radius 2 is 2.46 bits per heavy atom. The molecule has 2 rings (SSSR count). The Labute approximate surface area is 76.2 Å². The minimum absolute atomic E-state index is 0.736. The number of aromatic nitrogens is 1. The molecule has 0 bridgehead atoms. The first-order valence-corrected chi connectivity index (χ1v) is 3.88. The normalized spacial score (nSPS) is 14.5. The van der Waals surface area contributed by atoms with Crippen LogP contribution in [-0.4, -0.2) is 17.7 Å². The van der Waals surface area contributed by atoms with E-state index in [0.29, 0.717) is 0 Å². The summed E-state index contributed by atoms with van der Waals surface area (Å²) >= 11 is 0. The van der Waals surface area contributed by atoms with Gasteiger partial charge < -0.3 is 0 Å². The highest BCUT2D eigenvalue weighted by Gasteiger charge is 2.07. The summed E-state index contributed by atoms with van der Waals surface area (Å²) in [6, 6.07) is 1.85. The van der Waals surface area contributed by atoms with Crippen LogP contribution in [0.25, 0.3) is 0 Å². The lowest BCUT2D eigenvalue weighted by Gasteiger charge is -2.12. The Morgan fingerprint density at radius 3 is 3.15 bits per heavy atom. The van der Waals surface area contributed by atoms with Crippen LogP contribution in [0.4, 0.5) is 5.69 Å². The highest BCUT2D eigenvalue weighted by atomic mass is 15.7. The van der Waals surface area contributed by atoms with E-state index >= 15 is 0 Å². The zero-order valence-corrected chi connectivity index (χ0v) is 6.94. The largest absolute Gasteiger partial charge is 0.261 e. The van der Waals surface area contributed by atoms with Gasteiger partial charge in [-0.1, -0.05) is 5.92 Å². The van der Waals surface area contributed by atoms with Crippen LogP contribution in [0.15, 0.2) is 23.6 Å². The molecule has 0 unspecified atom stereocenters. The Morgan fingerprint density at radius 1 is 1.54 bits per heavy atom. The van der Waals surface area contributed by atoms with Gasteiger partial charge in [0.1, 0.15) is 0 Å². The molecular weight excluding hydrogens is 164 g/mol. The number of pyridine rings is 1. The third-order valence-electron chi connectivity index (χ3n) is 1.66. The van der Waals surface area contributed by atoms with Crippen molar-refractivity contribution >= 4 is 11.9 Å². The van der Waals surface area contributed by atoms with E-state index in [9.17, 15) is 0 Å². The number of rotatable bonds is 1. The third kappa shape index (κ3) is 1.50. The van der Waals surface area contributed by atoms with Crippen LogP contribution in [0.3, 0.4) is 0 Å². The van der Waals surface area contributed by atoms with Crippen LogP contribution in [-0.2, 0) is 0 Å². The lowest BCUT2D eigenvalue weighted by molar-refractivity contribution is 0.755. The Bertz CT molecular complexity index is 377. The summed E-state index contributed by atoms with van der Waals surface area (Å²) in [5.74, 6) is 2.52. The minimum atomic E-state index is 0.736. The molecule has 2 heterocycles. The molecule has 1 aliphatic heterocycles. The van der Waals surface area contributed by atoms with Crippen molar-refractivity contribution in [2.45, 2.75) is 0 Å². The van der Waals surface area contributed by atoms with Crippen molar-refractivity contribution in [3.63, 3.8) is 0 Å². The second-order valence-electron chi connectivity index (χ2n) is 2.55. The van der Waals surface area contributed by atoms with Crippen molar-refractivity contribution in [2.24, 2.45) is 5.10 Å². The summed E-state index contributed by atoms with van der Waals surface area (Å²) in [7, 11) is 0. The molecule has 64 valence electrons. The molecule has 0 fully saturated rings. The summed E-state index contributed by atoms with van der Waals surface area (Å²) < 4.78 is 0. The van der Waals surface area contributed by atoms with Crippen molar-refractivity contribution in [3.05, 3.63) is 24.0 Å². The van der Waals surface area contributed by atoms with Gasteiger partial charge in [0.2, 0.25) is 0 Å². The Hall–Kier alpha value is -1.86. The maximum atomic E-state index is 5.25. The molecule has 0 saturated carbocycles. The number of nitrogens with zero attached hydrogens (tertiary/aromatic N) is 3. The lowest BCUT2D eigenvalue weighted by atomic mass is 10.3. The van der Waals surface area contributed by atoms with Gasteiger partial charge in [-0.15, -0.1) is 6.42 Å². The van der Waals surface area contributed by atoms with E-state index < -0.39 is 0 Å². The van der Waals surface area contributed by atoms with Gasteiger partial charge in [-0.3, -0.25) is 4.98 Å². The maximum absolute atomic E-state index is 5.25. The predicted octanol–water partition coefficient (Wildman–Crippen LogP) is 0.373. The zero-order valence-electron chi connectivity index (χ0n) is 6.94. The molecule has 4 nitrogen and oxygen atoms in total. The number of hydrogen-bond donors (Lipinski definition) is 1. The standard InChI is InChI=1S/C9H8N4/c1-2-8-5-9(7-10-6-8)13-11-3-4-12-13/h1,3,5-7,12H,4H2. The summed E-state index contributed by atoms with van der Waals surface area (Å²) in [6.07, 6.45) is 10.4. The molecule has 4 heteroatoms. The number of hydrazone groups is 1. The average molecular weight is 172 g/mol. The number of nitrogens with one attached hydrogen (secondary N) is 1. The molecule has 1 aromatic rings. The van der Waals surface area contributed by atoms with E-state index in [1.54, 1.807) is 23.7 Å². The van der Waals surface area contributed by atoms with Gasteiger partial charge in [0.25, 0.3) is 0 Å². The Balaban J connectivity index is 2.30. The summed E-state index contributed by atoms with van der Waals surface area (Å²) in [6.45, 7) is 0.736. The SMILES string of the molecule is C#Cc1cncc(N2N=CCN2)c1. The zero-order chi connectivity index (χ0) is 9.10. The number of hydrazine groups is 1. The first-order chi connectivity index (χ1) is 6.40. The van der Waals surface area contributed by atoms with E-state index in [1.165, 1.54) is 0 Å². The van der Waals surface area contributed by atoms with E-state index in [0.717, 1.165) is 17.8 Å². The smallest absolute Gasteiger partial charge is 0.0974 e. The highest BCUT2D eigenvalue weighted by Crippen LogP contribution is 2.13. The van der Waals surface area contributed by atoms with Crippen molar-refractivity contribution in [3.8, 4) is 12.3 Å². The molecule has 0 amide bonds. The molecule has 0 saturated heterocycles. The molecule has 1 N–H and O–H groups in total. The van der Waals surface area contributed by atoms with Crippen LogP contribution in [0.1, 0.15) is 5.56 Å². The number of anilines is 1. The summed E-state index contributed by atoms with van der Waals surface area (Å²) in [5.41, 5.74) is 4.63. The maximum Gasteiger partial charge on any atom is 0.0974 e. The molecule has 0 radical (unpaired) electrons. The molecule has 1 aromatic heterocycles. The lowest BCUT2D eigenvalue weighted by Crippen LogP contribution is -2.28. The molecular formula is C9H8N4. The van der Waals surface area contributed by atoms with E-state index in [-0.39, 0.29) is 0 Å². The van der Waals surface area contributed by atoms with Crippen LogP contribution < -0.4 is 10.5 Å². The van der Waals surface area contributed by atoms with Gasteiger partial charge in [-0.05, 0) is 6.07 Å². The molecule has 0 spiro atoms. The third-order valence-corrected chi connectivity index (χ3v) is 1.66. The van der Waals surface area contributed by atoms with Crippen molar-refractivity contribution in [2.75, 3.05) is 11.7 Å². The fourth-order valence-electron chi connectivity index (χ4n) is 1.07. The fourth-order valence-corrected chi connectivity index (χ4v) is 1.07. The van der Waals surface area contributed by atoms with Gasteiger partial charge in [0.15, 0.2) is 0 Å². The topological polar surface area (TPSA) is 40.5 Å². The fraction of sp³-hybridized carbons (Fsp3) is 0.111. The second kappa shape index (κ2) is 3.25. The van der Waals surface area contributed by atoms with Gasteiger partial charge >= 0.3 is 0 Å². The van der Waals surface area contributed by atoms with Gasteiger partial charge in [-0.2, -0.15) is 10.2 Å². The van der Waals surface area contributed by atoms with Gasteiger partial charge in [-0.25, -0.2) is 5.43 Å². The average Bonchev–Trinajstić information content (AvgIpc) is 2.71. The quantitative estimate of drug-likeness (QED) is 0.622. The van der Waals surface area contributed by atoms with E-state index in [4.69, 9.17) is 6.42 Å². The van der Waals surface area contributed by atoms with Crippen LogP contribution in [0.2, 0.25) is 0 Å². The molecule has 13 heavy (non-hydrogen) atoms.